The fraction of sp³-hybridized carbons (Fsp3) is 0.167. The average molecular weight is 451 g/mol. The Morgan fingerprint density at radius 3 is 2.39 bits per heavy atom. The third-order valence-corrected chi connectivity index (χ3v) is 8.18. The maximum atomic E-state index is 13.6. The van der Waals surface area contributed by atoms with E-state index < -0.39 is 15.1 Å². The molecule has 4 aromatic rings. The highest BCUT2D eigenvalue weighted by Gasteiger charge is 2.25. The highest BCUT2D eigenvalue weighted by atomic mass is 32.2. The van der Waals surface area contributed by atoms with Gasteiger partial charge in [-0.15, -0.1) is 0 Å². The molecule has 1 aromatic heterocycles. The Bertz CT molecular complexity index is 1300. The lowest BCUT2D eigenvalue weighted by Gasteiger charge is -2.20. The Hall–Kier alpha value is -3.03. The Balaban J connectivity index is 1.77. The number of carbonyl (C=O) groups excluding carboxylic acids is 1. The van der Waals surface area contributed by atoms with Gasteiger partial charge in [-0.25, -0.2) is 13.4 Å². The molecule has 5 nitrogen and oxygen atoms in total. The first-order chi connectivity index (χ1) is 14.9. The lowest BCUT2D eigenvalue weighted by Crippen LogP contribution is -2.30. The van der Waals surface area contributed by atoms with Gasteiger partial charge in [-0.3, -0.25) is 9.69 Å². The summed E-state index contributed by atoms with van der Waals surface area (Å²) in [5.74, 6) is -0.288. The number of fused-ring (bicyclic) bond motifs is 1. The maximum absolute atomic E-state index is 13.6. The van der Waals surface area contributed by atoms with Crippen molar-refractivity contribution in [1.29, 1.82) is 0 Å². The fourth-order valence-electron chi connectivity index (χ4n) is 3.20. The zero-order valence-electron chi connectivity index (χ0n) is 17.2. The summed E-state index contributed by atoms with van der Waals surface area (Å²) in [5, 5.41) is 0.00899. The second kappa shape index (κ2) is 8.61. The van der Waals surface area contributed by atoms with Crippen molar-refractivity contribution in [2.75, 3.05) is 4.90 Å². The summed E-state index contributed by atoms with van der Waals surface area (Å²) < 4.78 is 26.2. The van der Waals surface area contributed by atoms with Gasteiger partial charge in [0, 0.05) is 5.56 Å². The Morgan fingerprint density at radius 2 is 1.68 bits per heavy atom. The van der Waals surface area contributed by atoms with Crippen molar-refractivity contribution in [3.8, 4) is 0 Å². The fourth-order valence-corrected chi connectivity index (χ4v) is 5.27. The summed E-state index contributed by atoms with van der Waals surface area (Å²) >= 11 is 1.44. The van der Waals surface area contributed by atoms with Crippen LogP contribution in [0.2, 0.25) is 0 Å². The first kappa shape index (κ1) is 21.2. The van der Waals surface area contributed by atoms with E-state index in [1.807, 2.05) is 54.6 Å². The van der Waals surface area contributed by atoms with Crippen LogP contribution in [0.1, 0.15) is 29.8 Å². The minimum absolute atomic E-state index is 0.150. The summed E-state index contributed by atoms with van der Waals surface area (Å²) in [4.78, 5) is 20.0. The molecular weight excluding hydrogens is 428 g/mol. The third-order valence-electron chi connectivity index (χ3n) is 4.97. The number of sulfone groups is 1. The van der Waals surface area contributed by atoms with E-state index in [0.29, 0.717) is 17.2 Å². The van der Waals surface area contributed by atoms with Gasteiger partial charge in [-0.05, 0) is 49.7 Å². The van der Waals surface area contributed by atoms with Gasteiger partial charge in [0.25, 0.3) is 5.91 Å². The summed E-state index contributed by atoms with van der Waals surface area (Å²) in [6.45, 7) is 3.60. The zero-order valence-corrected chi connectivity index (χ0v) is 18.9. The molecule has 0 bridgehead atoms. The molecule has 0 fully saturated rings. The van der Waals surface area contributed by atoms with Crippen molar-refractivity contribution >= 4 is 42.4 Å². The molecule has 0 spiro atoms. The monoisotopic (exact) mass is 450 g/mol. The van der Waals surface area contributed by atoms with E-state index in [2.05, 4.69) is 4.98 Å². The van der Waals surface area contributed by atoms with E-state index in [1.165, 1.54) is 23.5 Å². The molecule has 0 radical (unpaired) electrons. The standard InChI is InChI=1S/C24H22N2O3S2/c1-17(2)31(28,29)20-12-8-11-19(15-20)23(27)26(16-18-9-4-3-5-10-18)24-25-21-13-6-7-14-22(21)30-24/h3-15,17H,16H2,1-2H3. The second-order valence-electron chi connectivity index (χ2n) is 7.46. The topological polar surface area (TPSA) is 67.3 Å². The number of thiazole rings is 1. The number of amides is 1. The second-order valence-corrected chi connectivity index (χ2v) is 11.0. The van der Waals surface area contributed by atoms with Crippen molar-refractivity contribution in [3.05, 3.63) is 90.0 Å². The highest BCUT2D eigenvalue weighted by molar-refractivity contribution is 7.92. The quantitative estimate of drug-likeness (QED) is 0.398. The van der Waals surface area contributed by atoms with Crippen molar-refractivity contribution in [3.63, 3.8) is 0 Å². The number of carbonyl (C=O) groups is 1. The van der Waals surface area contributed by atoms with Gasteiger partial charge in [-0.1, -0.05) is 59.9 Å². The molecule has 3 aromatic carbocycles. The number of benzene rings is 3. The number of para-hydroxylation sites is 1. The summed E-state index contributed by atoms with van der Waals surface area (Å²) in [6, 6.07) is 23.7. The van der Waals surface area contributed by atoms with Crippen LogP contribution >= 0.6 is 11.3 Å². The van der Waals surface area contributed by atoms with Crippen LogP contribution in [0.15, 0.2) is 83.8 Å². The first-order valence-corrected chi connectivity index (χ1v) is 12.3. The maximum Gasteiger partial charge on any atom is 0.260 e. The highest BCUT2D eigenvalue weighted by Crippen LogP contribution is 2.31. The van der Waals surface area contributed by atoms with Crippen molar-refractivity contribution < 1.29 is 13.2 Å². The smallest absolute Gasteiger partial charge is 0.260 e. The van der Waals surface area contributed by atoms with Crippen LogP contribution in [-0.2, 0) is 16.4 Å². The van der Waals surface area contributed by atoms with Gasteiger partial charge < -0.3 is 0 Å². The molecule has 0 saturated heterocycles. The van der Waals surface area contributed by atoms with E-state index in [0.717, 1.165) is 15.8 Å². The van der Waals surface area contributed by atoms with Crippen LogP contribution in [0, 0.1) is 0 Å². The Morgan fingerprint density at radius 1 is 0.968 bits per heavy atom. The Labute approximate surface area is 185 Å². The van der Waals surface area contributed by atoms with Crippen molar-refractivity contribution in [2.45, 2.75) is 30.5 Å². The minimum atomic E-state index is -3.49. The van der Waals surface area contributed by atoms with Crippen LogP contribution < -0.4 is 4.90 Å². The number of rotatable bonds is 6. The average Bonchev–Trinajstić information content (AvgIpc) is 3.21. The van der Waals surface area contributed by atoms with Crippen molar-refractivity contribution in [1.82, 2.24) is 4.98 Å². The van der Waals surface area contributed by atoms with E-state index in [-0.39, 0.29) is 10.8 Å². The minimum Gasteiger partial charge on any atom is -0.279 e. The molecule has 158 valence electrons. The lowest BCUT2D eigenvalue weighted by molar-refractivity contribution is 0.0985. The largest absolute Gasteiger partial charge is 0.279 e. The number of anilines is 1. The molecule has 0 saturated carbocycles. The number of hydrogen-bond donors (Lipinski definition) is 0. The third kappa shape index (κ3) is 4.38. The molecule has 0 unspecified atom stereocenters. The normalized spacial score (nSPS) is 11.7. The molecule has 0 aliphatic heterocycles. The predicted octanol–water partition coefficient (Wildman–Crippen LogP) is 5.33. The Kier molecular flexibility index (Phi) is 5.89. The first-order valence-electron chi connectivity index (χ1n) is 9.91. The van der Waals surface area contributed by atoms with Gasteiger partial charge in [0.15, 0.2) is 15.0 Å². The molecule has 0 atom stereocenters. The van der Waals surface area contributed by atoms with E-state index in [4.69, 9.17) is 0 Å². The van der Waals surface area contributed by atoms with Gasteiger partial charge >= 0.3 is 0 Å². The number of aromatic nitrogens is 1. The van der Waals surface area contributed by atoms with Crippen molar-refractivity contribution in [2.24, 2.45) is 0 Å². The number of nitrogens with zero attached hydrogens (tertiary/aromatic N) is 2. The molecule has 7 heteroatoms. The van der Waals surface area contributed by atoms with E-state index in [1.54, 1.807) is 30.9 Å². The van der Waals surface area contributed by atoms with Crippen LogP contribution in [0.4, 0.5) is 5.13 Å². The summed E-state index contributed by atoms with van der Waals surface area (Å²) in [6.07, 6.45) is 0. The van der Waals surface area contributed by atoms with Crippen LogP contribution in [0.25, 0.3) is 10.2 Å². The zero-order chi connectivity index (χ0) is 22.0. The summed E-state index contributed by atoms with van der Waals surface area (Å²) in [7, 11) is -3.49. The molecule has 31 heavy (non-hydrogen) atoms. The molecule has 0 N–H and O–H groups in total. The van der Waals surface area contributed by atoms with Crippen LogP contribution in [-0.4, -0.2) is 24.6 Å². The van der Waals surface area contributed by atoms with Gasteiger partial charge in [-0.2, -0.15) is 0 Å². The molecule has 4 rings (SSSR count). The molecule has 1 amide bonds. The van der Waals surface area contributed by atoms with Gasteiger partial charge in [0.05, 0.1) is 26.9 Å². The van der Waals surface area contributed by atoms with Gasteiger partial charge in [0.1, 0.15) is 0 Å². The molecule has 0 aliphatic carbocycles. The van der Waals surface area contributed by atoms with Gasteiger partial charge in [0.2, 0.25) is 0 Å². The SMILES string of the molecule is CC(C)S(=O)(=O)c1cccc(C(=O)N(Cc2ccccc2)c2nc3ccccc3s2)c1. The molecule has 1 heterocycles. The molecular formula is C24H22N2O3S2. The number of hydrogen-bond acceptors (Lipinski definition) is 5. The summed E-state index contributed by atoms with van der Waals surface area (Å²) in [5.41, 5.74) is 2.10. The molecule has 0 aliphatic rings. The predicted molar refractivity (Wildman–Crippen MR) is 125 cm³/mol. The van der Waals surface area contributed by atoms with Crippen LogP contribution in [0.5, 0.6) is 0 Å². The van der Waals surface area contributed by atoms with E-state index in [9.17, 15) is 13.2 Å². The van der Waals surface area contributed by atoms with Crippen LogP contribution in [0.3, 0.4) is 0 Å². The lowest BCUT2D eigenvalue weighted by atomic mass is 10.1. The van der Waals surface area contributed by atoms with E-state index >= 15 is 0 Å².